The Morgan fingerprint density at radius 3 is 1.00 bits per heavy atom. The summed E-state index contributed by atoms with van der Waals surface area (Å²) in [5, 5.41) is 44.2. The first-order chi connectivity index (χ1) is 54.7. The zero-order valence-electron chi connectivity index (χ0n) is 72.0. The number of anilines is 6. The van der Waals surface area contributed by atoms with Crippen LogP contribution in [-0.2, 0) is 46.3 Å². The molecule has 6 aromatic heterocycles. The highest BCUT2D eigenvalue weighted by Gasteiger charge is 2.46. The van der Waals surface area contributed by atoms with Gasteiger partial charge in [0.2, 0.25) is 0 Å². The first-order valence-electron chi connectivity index (χ1n) is 41.5. The molecule has 12 rings (SSSR count). The molecule has 4 unspecified atom stereocenters. The van der Waals surface area contributed by atoms with E-state index in [0.29, 0.717) is 76.7 Å². The quantitative estimate of drug-likeness (QED) is 0.0339. The first-order valence-corrected chi connectivity index (χ1v) is 45.9. The first kappa shape index (κ1) is 91.8. The van der Waals surface area contributed by atoms with E-state index >= 15 is 0 Å². The van der Waals surface area contributed by atoms with Gasteiger partial charge in [-0.05, 0) is 195 Å². The summed E-state index contributed by atoms with van der Waals surface area (Å²) in [6, 6.07) is 17.4. The number of carbonyl (C=O) groups is 3. The minimum absolute atomic E-state index is 0. The molecule has 3 aliphatic carbocycles. The van der Waals surface area contributed by atoms with Gasteiger partial charge in [0.25, 0.3) is 47.8 Å². The Bertz CT molecular complexity index is 4890. The summed E-state index contributed by atoms with van der Waals surface area (Å²) >= 11 is 0. The smallest absolute Gasteiger partial charge is 0.281 e. The van der Waals surface area contributed by atoms with Gasteiger partial charge >= 0.3 is 0 Å². The van der Waals surface area contributed by atoms with Crippen molar-refractivity contribution in [3.05, 3.63) is 129 Å². The highest BCUT2D eigenvalue weighted by atomic mass is 32.2. The van der Waals surface area contributed by atoms with Gasteiger partial charge in [-0.1, -0.05) is 152 Å². The van der Waals surface area contributed by atoms with E-state index in [-0.39, 0.29) is 91.6 Å². The fraction of sp³-hybridized carbons (Fsp3) is 0.598. The van der Waals surface area contributed by atoms with Gasteiger partial charge in [-0.3, -0.25) is 14.4 Å². The van der Waals surface area contributed by atoms with Crippen LogP contribution in [-0.4, -0.2) is 142 Å². The molecule has 28 nitrogen and oxygen atoms in total. The van der Waals surface area contributed by atoms with Crippen molar-refractivity contribution in [1.29, 1.82) is 0 Å². The second kappa shape index (κ2) is 35.3. The third-order valence-electron chi connectivity index (χ3n) is 23.7. The van der Waals surface area contributed by atoms with Crippen molar-refractivity contribution in [3.63, 3.8) is 0 Å². The van der Waals surface area contributed by atoms with Crippen LogP contribution in [0.2, 0.25) is 0 Å². The largest absolute Gasteiger partial charge is 0.390 e. The molecule has 6 fully saturated rings. The van der Waals surface area contributed by atoms with Crippen LogP contribution >= 0.6 is 0 Å². The van der Waals surface area contributed by atoms with E-state index in [4.69, 9.17) is 32.2 Å². The maximum absolute atomic E-state index is 13.8. The highest BCUT2D eigenvalue weighted by molar-refractivity contribution is 7.90. The van der Waals surface area contributed by atoms with E-state index in [9.17, 15) is 60.1 Å². The van der Waals surface area contributed by atoms with Gasteiger partial charge < -0.3 is 52.3 Å². The maximum atomic E-state index is 13.8. The van der Waals surface area contributed by atoms with Crippen LogP contribution in [0.25, 0.3) is 6.08 Å². The lowest BCUT2D eigenvalue weighted by molar-refractivity contribution is -0.0181. The van der Waals surface area contributed by atoms with Crippen LogP contribution in [0.15, 0.2) is 94.0 Å². The maximum Gasteiger partial charge on any atom is 0.281 e. The number of nitrogens with zero attached hydrogens (tertiary/aromatic N) is 9. The molecule has 3 aliphatic heterocycles. The van der Waals surface area contributed by atoms with E-state index in [1.165, 1.54) is 79.6 Å². The number of aromatic nitrogens is 6. The molecule has 6 aromatic rings. The van der Waals surface area contributed by atoms with E-state index < -0.39 is 83.0 Å². The monoisotopic (exact) mass is 1700 g/mol. The fourth-order valence-electron chi connectivity index (χ4n) is 18.2. The summed E-state index contributed by atoms with van der Waals surface area (Å²) in [7, 11) is -13.0. The Morgan fingerprint density at radius 2 is 0.729 bits per heavy atom. The summed E-state index contributed by atoms with van der Waals surface area (Å²) in [5.41, 5.74) is 18.5. The number of nitrogens with one attached hydrogen (secondary N) is 3. The third kappa shape index (κ3) is 21.3. The van der Waals surface area contributed by atoms with Crippen molar-refractivity contribution in [1.82, 2.24) is 44.1 Å². The van der Waals surface area contributed by atoms with Crippen LogP contribution < -0.4 is 46.1 Å². The molecule has 9 heterocycles. The molecule has 7 atom stereocenters. The minimum atomic E-state index is -4.36. The summed E-state index contributed by atoms with van der Waals surface area (Å²) in [4.78, 5) is 74.2. The highest BCUT2D eigenvalue weighted by Crippen LogP contribution is 2.47. The standard InChI is InChI=1S/2C29H43N5O5S.C29H41N5O3S.6H2/c2*1-17-15-29(5,6)34(16-17)26-20(27(37)33-40(38,39)22-13-9-12-21(30)31-22)14-19(25(32-26)28(2,3)4)24(36)23(35)18-10-7-8-11-18;1-19-17-29(5,6)34(18-19)26-22(27(35)33-38(36,37)24-13-9-12-23(30)31-24)16-21(25(32-26)28(2,3)4)15-14-20-10-7-8-11-20;;;;;;/h2*9,12-14,17-18,23-24,35-36H,7-8,10-11,15-16H2,1-6H3,(H2,30,31)(H,33,37);9,12-16,19-20H,7-8,10-11,17-18H2,1-6H3,(H2,30,31)(H,33,35);6*1H/b;;15-14+;;;;;;/t2*17-,23?,24?;19-;;;;;;/m000....../s1. The lowest BCUT2D eigenvalue weighted by atomic mass is 9.82. The number of nitrogen functional groups attached to an aromatic ring is 3. The van der Waals surface area contributed by atoms with Gasteiger partial charge in [-0.25, -0.2) is 44.1 Å². The summed E-state index contributed by atoms with van der Waals surface area (Å²) in [6.07, 6.45) is 14.3. The predicted octanol–water partition coefficient (Wildman–Crippen LogP) is 14.1. The topological polar surface area (TPSA) is 436 Å². The van der Waals surface area contributed by atoms with E-state index in [2.05, 4.69) is 129 Å². The molecular weight excluding hydrogens is 1560 g/mol. The predicted molar refractivity (Wildman–Crippen MR) is 474 cm³/mol. The number of carbonyl (C=O) groups excluding carboxylic acids is 3. The van der Waals surface area contributed by atoms with Crippen LogP contribution in [0.3, 0.4) is 0 Å². The summed E-state index contributed by atoms with van der Waals surface area (Å²) in [6.45, 7) is 39.1. The number of pyridine rings is 6. The number of allylic oxidation sites excluding steroid dienone is 1. The number of aliphatic hydroxyl groups is 4. The van der Waals surface area contributed by atoms with E-state index in [1.807, 2.05) is 57.4 Å². The van der Waals surface area contributed by atoms with Crippen molar-refractivity contribution in [2.75, 3.05) is 51.5 Å². The third-order valence-corrected chi connectivity index (χ3v) is 27.4. The SMILES string of the molecule is C[C@@H]1CN(c2nc(C(C)(C)C)c(/C=C/C3CCCC3)cc2C(=O)NS(=O)(=O)c2cccc(N)n2)C(C)(C)C1.C[C@@H]1CN(c2nc(C(C)(C)C)c(C(O)C(O)C3CCCC3)cc2C(=O)NS(=O)(=O)c2cccc(N)n2)C(C)(C)C1.C[C@@H]1CN(c2nc(C(C)(C)C)c(C(O)C(O)C3CCCC3)cc2C(=O)NS(=O)(=O)c2cccc(N)n2)C(C)(C)C1.[HH].[HH].[HH].[HH].[HH].[HH]. The molecule has 13 N–H and O–H groups in total. The molecule has 0 spiro atoms. The van der Waals surface area contributed by atoms with Crippen molar-refractivity contribution >= 4 is 88.8 Å². The Labute approximate surface area is 707 Å². The summed E-state index contributed by atoms with van der Waals surface area (Å²) in [5.74, 6) is 0.175. The molecular formula is C87H139N15O13S3. The number of sulfonamides is 3. The Morgan fingerprint density at radius 1 is 0.449 bits per heavy atom. The van der Waals surface area contributed by atoms with Crippen molar-refractivity contribution in [2.45, 2.75) is 293 Å². The van der Waals surface area contributed by atoms with Crippen molar-refractivity contribution < 1.29 is 68.6 Å². The van der Waals surface area contributed by atoms with Crippen LogP contribution in [0, 0.1) is 35.5 Å². The zero-order chi connectivity index (χ0) is 87.1. The number of hydrogen-bond acceptors (Lipinski definition) is 25. The molecule has 3 saturated heterocycles. The van der Waals surface area contributed by atoms with Crippen molar-refractivity contribution in [3.8, 4) is 0 Å². The number of amides is 3. The zero-order valence-corrected chi connectivity index (χ0v) is 74.5. The van der Waals surface area contributed by atoms with Gasteiger partial charge in [0, 0.05) is 72.2 Å². The molecule has 31 heteroatoms. The second-order valence-electron chi connectivity index (χ2n) is 38.7. The number of aliphatic hydroxyl groups excluding tert-OH is 4. The molecule has 3 saturated carbocycles. The Hall–Kier alpha value is -8.46. The number of nitrogens with two attached hydrogens (primary N) is 3. The molecule has 0 bridgehead atoms. The van der Waals surface area contributed by atoms with Gasteiger partial charge in [-0.2, -0.15) is 25.3 Å². The minimum Gasteiger partial charge on any atom is -0.390 e. The number of hydrogen-bond donors (Lipinski definition) is 10. The van der Waals surface area contributed by atoms with Gasteiger partial charge in [0.05, 0.1) is 46.0 Å². The average molecular weight is 1700 g/mol. The van der Waals surface area contributed by atoms with Crippen LogP contribution in [0.4, 0.5) is 34.9 Å². The Balaban J connectivity index is 0.000000381. The molecule has 658 valence electrons. The second-order valence-corrected chi connectivity index (χ2v) is 43.6. The van der Waals surface area contributed by atoms with Gasteiger partial charge in [0.1, 0.15) is 47.1 Å². The van der Waals surface area contributed by atoms with E-state index in [1.54, 1.807) is 0 Å². The molecule has 118 heavy (non-hydrogen) atoms. The fourth-order valence-corrected chi connectivity index (χ4v) is 21.1. The number of rotatable bonds is 20. The lowest BCUT2D eigenvalue weighted by Gasteiger charge is -2.36. The molecule has 3 amide bonds. The van der Waals surface area contributed by atoms with Gasteiger partial charge in [-0.15, -0.1) is 0 Å². The normalized spacial score (nSPS) is 21.1. The Kier molecular flexibility index (Phi) is 27.5. The van der Waals surface area contributed by atoms with Crippen LogP contribution in [0.5, 0.6) is 0 Å². The molecule has 0 radical (unpaired) electrons. The van der Waals surface area contributed by atoms with E-state index in [0.717, 1.165) is 101 Å². The molecule has 0 aromatic carbocycles. The lowest BCUT2D eigenvalue weighted by Crippen LogP contribution is -2.42. The van der Waals surface area contributed by atoms with Crippen molar-refractivity contribution in [2.24, 2.45) is 35.5 Å². The van der Waals surface area contributed by atoms with Gasteiger partial charge in [0.15, 0.2) is 15.1 Å². The average Bonchev–Trinajstić information content (AvgIpc) is 1.49. The summed E-state index contributed by atoms with van der Waals surface area (Å²) < 4.78 is 85.2. The molecule has 6 aliphatic rings. The van der Waals surface area contributed by atoms with Crippen LogP contribution in [0.1, 0.15) is 307 Å².